The molecular weight excluding hydrogens is 473 g/mol. The van der Waals surface area contributed by atoms with Crippen molar-refractivity contribution in [3.63, 3.8) is 0 Å². The molecule has 2 fully saturated rings. The molecule has 2 atom stereocenters. The van der Waals surface area contributed by atoms with Gasteiger partial charge in [0.15, 0.2) is 11.5 Å². The van der Waals surface area contributed by atoms with Crippen LogP contribution in [0.4, 0.5) is 13.2 Å². The monoisotopic (exact) mass is 504 g/mol. The first-order valence-electron chi connectivity index (χ1n) is 12.1. The lowest BCUT2D eigenvalue weighted by atomic mass is 9.83. The number of benzene rings is 2. The van der Waals surface area contributed by atoms with Gasteiger partial charge in [-0.15, -0.1) is 0 Å². The summed E-state index contributed by atoms with van der Waals surface area (Å²) in [4.78, 5) is 29.4. The van der Waals surface area contributed by atoms with E-state index >= 15 is 0 Å². The van der Waals surface area contributed by atoms with E-state index in [1.54, 1.807) is 25.2 Å². The second kappa shape index (κ2) is 10.8. The van der Waals surface area contributed by atoms with E-state index in [-0.39, 0.29) is 30.2 Å². The van der Waals surface area contributed by atoms with Gasteiger partial charge in [0.1, 0.15) is 0 Å². The number of methoxy groups -OCH3 is 2. The molecule has 2 heterocycles. The minimum Gasteiger partial charge on any atom is -0.493 e. The number of ether oxygens (including phenoxy) is 2. The van der Waals surface area contributed by atoms with Gasteiger partial charge in [-0.2, -0.15) is 13.2 Å². The standard InChI is InChI=1S/C27H31F3N2O4/c1-35-23-8-6-18(15-24(23)36-2)10-13-32-22-11-12-31(17-20(22)7-9-25(32)33)26(34)16-19-4-3-5-21(14-19)27(28,29)30/h3-6,8,14-15,20,22H,7,9-13,16-17H2,1-2H3/t20-,22+/m1/s1. The summed E-state index contributed by atoms with van der Waals surface area (Å²) in [7, 11) is 3.17. The van der Waals surface area contributed by atoms with Crippen LogP contribution in [-0.2, 0) is 28.6 Å². The van der Waals surface area contributed by atoms with Gasteiger partial charge in [-0.3, -0.25) is 9.59 Å². The Morgan fingerprint density at radius 3 is 2.53 bits per heavy atom. The fourth-order valence-electron chi connectivity index (χ4n) is 5.30. The Labute approximate surface area is 209 Å². The van der Waals surface area contributed by atoms with Crippen LogP contribution in [0.25, 0.3) is 0 Å². The Morgan fingerprint density at radius 1 is 1.03 bits per heavy atom. The van der Waals surface area contributed by atoms with E-state index in [2.05, 4.69) is 0 Å². The van der Waals surface area contributed by atoms with Crippen molar-refractivity contribution >= 4 is 11.8 Å². The molecule has 0 unspecified atom stereocenters. The van der Waals surface area contributed by atoms with Gasteiger partial charge in [-0.1, -0.05) is 24.3 Å². The van der Waals surface area contributed by atoms with E-state index < -0.39 is 11.7 Å². The van der Waals surface area contributed by atoms with Gasteiger partial charge in [-0.25, -0.2) is 0 Å². The van der Waals surface area contributed by atoms with Gasteiger partial charge in [0.05, 0.1) is 26.2 Å². The van der Waals surface area contributed by atoms with Gasteiger partial charge >= 0.3 is 6.18 Å². The number of likely N-dealkylation sites (tertiary alicyclic amines) is 2. The van der Waals surface area contributed by atoms with Crippen molar-refractivity contribution in [2.45, 2.75) is 44.3 Å². The van der Waals surface area contributed by atoms with Crippen LogP contribution in [0.15, 0.2) is 42.5 Å². The van der Waals surface area contributed by atoms with Crippen molar-refractivity contribution in [3.05, 3.63) is 59.2 Å². The number of nitrogens with zero attached hydrogens (tertiary/aromatic N) is 2. The summed E-state index contributed by atoms with van der Waals surface area (Å²) in [5, 5.41) is 0. The summed E-state index contributed by atoms with van der Waals surface area (Å²) in [5.74, 6) is 1.40. The third-order valence-electron chi connectivity index (χ3n) is 7.20. The van der Waals surface area contributed by atoms with Crippen LogP contribution >= 0.6 is 0 Å². The van der Waals surface area contributed by atoms with Crippen molar-refractivity contribution in [1.29, 1.82) is 0 Å². The summed E-state index contributed by atoms with van der Waals surface area (Å²) < 4.78 is 49.7. The highest BCUT2D eigenvalue weighted by molar-refractivity contribution is 5.80. The lowest BCUT2D eigenvalue weighted by molar-refractivity contribution is -0.144. The maximum atomic E-state index is 13.0. The molecule has 2 aromatic rings. The molecule has 0 saturated carbocycles. The Balaban J connectivity index is 1.37. The third kappa shape index (κ3) is 5.77. The smallest absolute Gasteiger partial charge is 0.416 e. The van der Waals surface area contributed by atoms with Crippen LogP contribution in [0, 0.1) is 5.92 Å². The quantitative estimate of drug-likeness (QED) is 0.563. The van der Waals surface area contributed by atoms with Gasteiger partial charge in [0.25, 0.3) is 0 Å². The molecule has 0 bridgehead atoms. The molecule has 2 aliphatic rings. The number of hydrogen-bond acceptors (Lipinski definition) is 4. The number of rotatable bonds is 7. The van der Waals surface area contributed by atoms with E-state index in [4.69, 9.17) is 9.47 Å². The normalized spacial score (nSPS) is 20.2. The fourth-order valence-corrected chi connectivity index (χ4v) is 5.30. The van der Waals surface area contributed by atoms with E-state index in [0.717, 1.165) is 17.7 Å². The molecule has 2 aliphatic heterocycles. The fraction of sp³-hybridized carbons (Fsp3) is 0.481. The third-order valence-corrected chi connectivity index (χ3v) is 7.20. The predicted octanol–water partition coefficient (Wildman–Crippen LogP) is 4.35. The van der Waals surface area contributed by atoms with Crippen molar-refractivity contribution in [3.8, 4) is 11.5 Å². The first-order valence-corrected chi connectivity index (χ1v) is 12.1. The van der Waals surface area contributed by atoms with Gasteiger partial charge in [-0.05, 0) is 54.5 Å². The van der Waals surface area contributed by atoms with Crippen molar-refractivity contribution in [2.24, 2.45) is 5.92 Å². The number of fused-ring (bicyclic) bond motifs is 1. The summed E-state index contributed by atoms with van der Waals surface area (Å²) >= 11 is 0. The first-order chi connectivity index (χ1) is 17.2. The molecule has 2 saturated heterocycles. The Kier molecular flexibility index (Phi) is 7.76. The lowest BCUT2D eigenvalue weighted by Crippen LogP contribution is -2.57. The maximum absolute atomic E-state index is 13.0. The second-order valence-corrected chi connectivity index (χ2v) is 9.40. The summed E-state index contributed by atoms with van der Waals surface area (Å²) in [6, 6.07) is 10.7. The Hall–Kier alpha value is -3.23. The molecule has 194 valence electrons. The van der Waals surface area contributed by atoms with Crippen LogP contribution in [0.5, 0.6) is 11.5 Å². The van der Waals surface area contributed by atoms with Crippen LogP contribution < -0.4 is 9.47 Å². The van der Waals surface area contributed by atoms with Crippen LogP contribution in [0.3, 0.4) is 0 Å². The van der Waals surface area contributed by atoms with Crippen LogP contribution in [0.2, 0.25) is 0 Å². The van der Waals surface area contributed by atoms with E-state index in [0.29, 0.717) is 62.4 Å². The van der Waals surface area contributed by atoms with Gasteiger partial charge in [0, 0.05) is 32.1 Å². The van der Waals surface area contributed by atoms with Gasteiger partial charge in [0.2, 0.25) is 11.8 Å². The Bertz CT molecular complexity index is 1100. The second-order valence-electron chi connectivity index (χ2n) is 9.40. The average molecular weight is 505 g/mol. The topological polar surface area (TPSA) is 59.1 Å². The SMILES string of the molecule is COc1ccc(CCN2C(=O)CC[C@@H]3CN(C(=O)Cc4cccc(C(F)(F)F)c4)CC[C@@H]32)cc1OC. The van der Waals surface area contributed by atoms with Crippen molar-refractivity contribution < 1.29 is 32.2 Å². The molecule has 2 amide bonds. The van der Waals surface area contributed by atoms with Crippen molar-refractivity contribution in [1.82, 2.24) is 9.80 Å². The van der Waals surface area contributed by atoms with E-state index in [9.17, 15) is 22.8 Å². The molecule has 0 aliphatic carbocycles. The van der Waals surface area contributed by atoms with Crippen LogP contribution in [-0.4, -0.2) is 61.5 Å². The summed E-state index contributed by atoms with van der Waals surface area (Å²) in [6.07, 6.45) is -2.02. The number of alkyl halides is 3. The zero-order valence-corrected chi connectivity index (χ0v) is 20.5. The van der Waals surface area contributed by atoms with Crippen LogP contribution in [0.1, 0.15) is 36.0 Å². The number of amides is 2. The molecular formula is C27H31F3N2O4. The number of hydrogen-bond donors (Lipinski definition) is 0. The molecule has 2 aromatic carbocycles. The summed E-state index contributed by atoms with van der Waals surface area (Å²) in [5.41, 5.74) is 0.644. The zero-order valence-electron chi connectivity index (χ0n) is 20.5. The first kappa shape index (κ1) is 25.9. The number of carbonyl (C=O) groups excluding carboxylic acids is 2. The Morgan fingerprint density at radius 2 is 1.81 bits per heavy atom. The predicted molar refractivity (Wildman–Crippen MR) is 128 cm³/mol. The lowest BCUT2D eigenvalue weighted by Gasteiger charge is -2.47. The summed E-state index contributed by atoms with van der Waals surface area (Å²) in [6.45, 7) is 1.58. The molecule has 36 heavy (non-hydrogen) atoms. The van der Waals surface area contributed by atoms with E-state index in [1.807, 2.05) is 23.1 Å². The van der Waals surface area contributed by atoms with E-state index in [1.165, 1.54) is 6.07 Å². The highest BCUT2D eigenvalue weighted by Crippen LogP contribution is 2.33. The number of piperidine rings is 2. The highest BCUT2D eigenvalue weighted by Gasteiger charge is 2.40. The maximum Gasteiger partial charge on any atom is 0.416 e. The average Bonchev–Trinajstić information content (AvgIpc) is 2.87. The highest BCUT2D eigenvalue weighted by atomic mass is 19.4. The molecule has 9 heteroatoms. The molecule has 0 spiro atoms. The zero-order chi connectivity index (χ0) is 25.9. The minimum atomic E-state index is -4.44. The molecule has 0 aromatic heterocycles. The molecule has 0 radical (unpaired) electrons. The largest absolute Gasteiger partial charge is 0.493 e. The van der Waals surface area contributed by atoms with Gasteiger partial charge < -0.3 is 19.3 Å². The molecule has 6 nitrogen and oxygen atoms in total. The minimum absolute atomic E-state index is 0.0593. The number of halogens is 3. The molecule has 0 N–H and O–H groups in total. The van der Waals surface area contributed by atoms with Crippen molar-refractivity contribution in [2.75, 3.05) is 33.9 Å². The molecule has 4 rings (SSSR count). The number of carbonyl (C=O) groups is 2.